The highest BCUT2D eigenvalue weighted by Crippen LogP contribution is 2.34. The van der Waals surface area contributed by atoms with E-state index in [4.69, 9.17) is 15.7 Å². The van der Waals surface area contributed by atoms with Crippen LogP contribution in [0.15, 0.2) is 59.4 Å². The van der Waals surface area contributed by atoms with E-state index in [1.807, 2.05) is 37.4 Å². The summed E-state index contributed by atoms with van der Waals surface area (Å²) in [5.74, 6) is -1.22. The van der Waals surface area contributed by atoms with Gasteiger partial charge < -0.3 is 11.1 Å². The molecule has 1 atom stereocenters. The van der Waals surface area contributed by atoms with Crippen LogP contribution in [0.1, 0.15) is 71.9 Å². The van der Waals surface area contributed by atoms with Crippen LogP contribution in [0.2, 0.25) is 0 Å². The molecule has 3 heterocycles. The fourth-order valence-corrected chi connectivity index (χ4v) is 6.11. The van der Waals surface area contributed by atoms with E-state index in [9.17, 15) is 19.2 Å². The van der Waals surface area contributed by atoms with Crippen molar-refractivity contribution in [3.63, 3.8) is 0 Å². The lowest BCUT2D eigenvalue weighted by molar-refractivity contribution is -0.149. The van der Waals surface area contributed by atoms with Gasteiger partial charge in [0.1, 0.15) is 6.04 Å². The Bertz CT molecular complexity index is 1720. The highest BCUT2D eigenvalue weighted by molar-refractivity contribution is 6.23. The van der Waals surface area contributed by atoms with Gasteiger partial charge in [-0.15, -0.1) is 0 Å². The summed E-state index contributed by atoms with van der Waals surface area (Å²) >= 11 is 0. The fourth-order valence-electron chi connectivity index (χ4n) is 6.11. The number of aliphatic imine (C=N–C) groups is 1. The average Bonchev–Trinajstić information content (AvgIpc) is 3.24. The van der Waals surface area contributed by atoms with E-state index < -0.39 is 23.8 Å². The predicted molar refractivity (Wildman–Crippen MR) is 167 cm³/mol. The van der Waals surface area contributed by atoms with Crippen molar-refractivity contribution in [2.45, 2.75) is 57.5 Å². The molecule has 1 unspecified atom stereocenters. The van der Waals surface area contributed by atoms with Gasteiger partial charge in [-0.3, -0.25) is 39.0 Å². The molecule has 44 heavy (non-hydrogen) atoms. The molecule has 0 radical (unpaired) electrons. The lowest BCUT2D eigenvalue weighted by Crippen LogP contribution is -2.54. The van der Waals surface area contributed by atoms with Crippen LogP contribution in [0.5, 0.6) is 0 Å². The van der Waals surface area contributed by atoms with Crippen LogP contribution in [0.4, 0.5) is 5.69 Å². The number of nitrogens with two attached hydrogens (primary N) is 1. The first kappa shape index (κ1) is 29.2. The first-order valence-corrected chi connectivity index (χ1v) is 15.0. The zero-order valence-electron chi connectivity index (χ0n) is 24.8. The van der Waals surface area contributed by atoms with E-state index in [-0.39, 0.29) is 35.9 Å². The van der Waals surface area contributed by atoms with Crippen LogP contribution in [0, 0.1) is 5.92 Å². The minimum atomic E-state index is -0.952. The molecule has 2 aromatic carbocycles. The van der Waals surface area contributed by atoms with Gasteiger partial charge >= 0.3 is 0 Å². The number of imide groups is 2. The number of allylic oxidation sites excluding steroid dienone is 2. The summed E-state index contributed by atoms with van der Waals surface area (Å²) in [4.78, 5) is 66.6. The van der Waals surface area contributed by atoms with Gasteiger partial charge in [-0.2, -0.15) is 0 Å². The van der Waals surface area contributed by atoms with Crippen LogP contribution in [0.25, 0.3) is 16.6 Å². The number of piperidine rings is 1. The van der Waals surface area contributed by atoms with Crippen molar-refractivity contribution < 1.29 is 19.2 Å². The van der Waals surface area contributed by atoms with E-state index in [1.165, 1.54) is 7.05 Å². The normalized spacial score (nSPS) is 22.5. The standard InChI is InChI=1S/C33H35N7O4/c1-19(34)25(28-18-37-26-7-3-4-8-27(26)38-28)17-36-22-14-20(15-22)6-5-13-35-21-9-10-23-24(16-21)32(43)40(31(23)42)29-11-12-30(41)39(2)33(29)44/h3-4,7-10,16-18,20,22,29,35H,5-6,11-15,34H2,1-2H3. The smallest absolute Gasteiger partial charge is 0.262 e. The number of likely N-dealkylation sites (N-methyl/N-ethyl adjacent to an activating group) is 1. The molecule has 3 aliphatic rings. The van der Waals surface area contributed by atoms with Crippen LogP contribution in [0.3, 0.4) is 0 Å². The summed E-state index contributed by atoms with van der Waals surface area (Å²) < 4.78 is 0. The third kappa shape index (κ3) is 5.57. The maximum absolute atomic E-state index is 13.1. The van der Waals surface area contributed by atoms with Gasteiger partial charge in [0.25, 0.3) is 17.7 Å². The molecule has 3 N–H and O–H groups in total. The Labute approximate surface area is 255 Å². The number of rotatable bonds is 9. The summed E-state index contributed by atoms with van der Waals surface area (Å²) in [6, 6.07) is 12.1. The summed E-state index contributed by atoms with van der Waals surface area (Å²) in [5.41, 5.74) is 11.3. The number of fused-ring (bicyclic) bond motifs is 2. The first-order valence-electron chi connectivity index (χ1n) is 15.0. The molecule has 3 aromatic rings. The molecular formula is C33H35N7O4. The quantitative estimate of drug-likeness (QED) is 0.216. The molecule has 2 fully saturated rings. The lowest BCUT2D eigenvalue weighted by Gasteiger charge is -2.32. The van der Waals surface area contributed by atoms with Gasteiger partial charge in [0, 0.05) is 43.2 Å². The Kier molecular flexibility index (Phi) is 7.94. The Morgan fingerprint density at radius 3 is 2.59 bits per heavy atom. The first-order chi connectivity index (χ1) is 21.2. The monoisotopic (exact) mass is 593 g/mol. The van der Waals surface area contributed by atoms with Gasteiger partial charge in [-0.25, -0.2) is 4.98 Å². The molecule has 226 valence electrons. The van der Waals surface area contributed by atoms with E-state index in [0.717, 1.165) is 64.3 Å². The second-order valence-electron chi connectivity index (χ2n) is 11.8. The summed E-state index contributed by atoms with van der Waals surface area (Å²) in [5, 5.41) is 3.36. The van der Waals surface area contributed by atoms with Crippen molar-refractivity contribution in [3.05, 3.63) is 71.2 Å². The number of carbonyl (C=O) groups excluding carboxylic acids is 4. The number of hydrogen-bond acceptors (Lipinski definition) is 9. The number of amides is 4. The van der Waals surface area contributed by atoms with E-state index in [1.54, 1.807) is 24.4 Å². The van der Waals surface area contributed by atoms with Crippen molar-refractivity contribution >= 4 is 52.1 Å². The SMILES string of the molecule is CC(N)=C(C=NC1CC(CCCNc2ccc3c(c2)C(=O)N(C2CCC(=O)N(C)C2=O)C3=O)C1)c1cnc2ccccc2n1. The van der Waals surface area contributed by atoms with E-state index in [2.05, 4.69) is 10.3 Å². The molecule has 0 bridgehead atoms. The van der Waals surface area contributed by atoms with Crippen molar-refractivity contribution in [3.8, 4) is 0 Å². The van der Waals surface area contributed by atoms with Gasteiger partial charge in [0.2, 0.25) is 5.91 Å². The number of para-hydroxylation sites is 2. The molecule has 6 rings (SSSR count). The molecule has 11 nitrogen and oxygen atoms in total. The van der Waals surface area contributed by atoms with Crippen LogP contribution in [-0.4, -0.2) is 75.3 Å². The van der Waals surface area contributed by atoms with Gasteiger partial charge in [0.05, 0.1) is 40.1 Å². The van der Waals surface area contributed by atoms with Crippen LogP contribution >= 0.6 is 0 Å². The molecule has 4 amide bonds. The third-order valence-corrected chi connectivity index (χ3v) is 8.74. The van der Waals surface area contributed by atoms with Crippen LogP contribution in [-0.2, 0) is 9.59 Å². The minimum Gasteiger partial charge on any atom is -0.402 e. The second kappa shape index (κ2) is 12.0. The number of likely N-dealkylation sites (tertiary alicyclic amines) is 1. The summed E-state index contributed by atoms with van der Waals surface area (Å²) in [6.07, 6.45) is 7.88. The molecule has 1 aromatic heterocycles. The zero-order valence-corrected chi connectivity index (χ0v) is 24.8. The minimum absolute atomic E-state index is 0.118. The number of carbonyl (C=O) groups is 4. The number of hydrogen-bond donors (Lipinski definition) is 2. The molecule has 2 aliphatic heterocycles. The van der Waals surface area contributed by atoms with Crippen LogP contribution < -0.4 is 11.1 Å². The topological polar surface area (TPSA) is 151 Å². The summed E-state index contributed by atoms with van der Waals surface area (Å²) in [6.45, 7) is 2.57. The number of aromatic nitrogens is 2. The molecule has 11 heteroatoms. The van der Waals surface area contributed by atoms with Crippen molar-refractivity contribution in [1.29, 1.82) is 0 Å². The van der Waals surface area contributed by atoms with Crippen molar-refractivity contribution in [1.82, 2.24) is 19.8 Å². The number of benzene rings is 2. The second-order valence-corrected chi connectivity index (χ2v) is 11.8. The maximum atomic E-state index is 13.1. The van der Waals surface area contributed by atoms with Gasteiger partial charge in [-0.05, 0) is 75.3 Å². The summed E-state index contributed by atoms with van der Waals surface area (Å²) in [7, 11) is 1.38. The number of nitrogens with zero attached hydrogens (tertiary/aromatic N) is 5. The number of nitrogens with one attached hydrogen (secondary N) is 1. The molecule has 1 aliphatic carbocycles. The Balaban J connectivity index is 0.974. The van der Waals surface area contributed by atoms with E-state index >= 15 is 0 Å². The average molecular weight is 594 g/mol. The molecule has 1 saturated heterocycles. The Morgan fingerprint density at radius 1 is 1.07 bits per heavy atom. The molecular weight excluding hydrogens is 558 g/mol. The lowest BCUT2D eigenvalue weighted by atomic mass is 9.78. The van der Waals surface area contributed by atoms with Gasteiger partial charge in [0.15, 0.2) is 0 Å². The van der Waals surface area contributed by atoms with Crippen molar-refractivity contribution in [2.24, 2.45) is 16.6 Å². The Hall–Kier alpha value is -4.93. The van der Waals surface area contributed by atoms with Gasteiger partial charge in [-0.1, -0.05) is 12.1 Å². The van der Waals surface area contributed by atoms with E-state index in [0.29, 0.717) is 17.3 Å². The molecule has 0 spiro atoms. The predicted octanol–water partition coefficient (Wildman–Crippen LogP) is 3.80. The largest absolute Gasteiger partial charge is 0.402 e. The highest BCUT2D eigenvalue weighted by Gasteiger charge is 2.46. The number of anilines is 1. The highest BCUT2D eigenvalue weighted by atomic mass is 16.2. The molecule has 1 saturated carbocycles. The fraction of sp³-hybridized carbons (Fsp3) is 0.364. The third-order valence-electron chi connectivity index (χ3n) is 8.74. The zero-order chi connectivity index (χ0) is 31.0. The van der Waals surface area contributed by atoms with Crippen molar-refractivity contribution in [2.75, 3.05) is 18.9 Å². The maximum Gasteiger partial charge on any atom is 0.262 e. The Morgan fingerprint density at radius 2 is 1.82 bits per heavy atom.